The van der Waals surface area contributed by atoms with E-state index in [9.17, 15) is 30.3 Å². The third-order valence-electron chi connectivity index (χ3n) is 5.43. The summed E-state index contributed by atoms with van der Waals surface area (Å²) in [5.41, 5.74) is 0.422. The van der Waals surface area contributed by atoms with Crippen molar-refractivity contribution in [3.05, 3.63) is 53.6 Å². The first-order valence-corrected chi connectivity index (χ1v) is 9.07. The van der Waals surface area contributed by atoms with Gasteiger partial charge in [0.2, 0.25) is 6.29 Å². The van der Waals surface area contributed by atoms with Crippen molar-refractivity contribution in [3.63, 3.8) is 0 Å². The number of hydrogen-bond donors (Lipinski definition) is 5. The van der Waals surface area contributed by atoms with Gasteiger partial charge in [0.25, 0.3) is 0 Å². The predicted molar refractivity (Wildman–Crippen MR) is 102 cm³/mol. The number of hydrogen-bond acceptors (Lipinski definition) is 8. The van der Waals surface area contributed by atoms with Gasteiger partial charge in [-0.15, -0.1) is 0 Å². The number of carbonyl (C=O) groups is 1. The van der Waals surface area contributed by atoms with E-state index >= 15 is 0 Å². The Balaban J connectivity index is 1.81. The molecular formula is C21H24O8. The summed E-state index contributed by atoms with van der Waals surface area (Å²) < 4.78 is 10.2. The SMILES string of the molecule is COC(=O)c1cccc(-c2ccc(OC(O)C3(O)C(O)C(O)C3CO)c(C)c2)c1. The van der Waals surface area contributed by atoms with Crippen LogP contribution in [0.25, 0.3) is 11.1 Å². The van der Waals surface area contributed by atoms with Crippen molar-refractivity contribution >= 4 is 5.97 Å². The molecule has 2 aromatic rings. The number of aliphatic hydroxyl groups is 5. The fourth-order valence-corrected chi connectivity index (χ4v) is 3.57. The van der Waals surface area contributed by atoms with E-state index in [1.807, 2.05) is 6.07 Å². The van der Waals surface area contributed by atoms with E-state index in [0.717, 1.165) is 11.1 Å². The second kappa shape index (κ2) is 8.10. The Labute approximate surface area is 167 Å². The number of ether oxygens (including phenoxy) is 2. The van der Waals surface area contributed by atoms with Crippen LogP contribution in [0.2, 0.25) is 0 Å². The molecule has 156 valence electrons. The lowest BCUT2D eigenvalue weighted by molar-refractivity contribution is -0.332. The molecule has 0 radical (unpaired) electrons. The van der Waals surface area contributed by atoms with Crippen LogP contribution in [0, 0.1) is 12.8 Å². The largest absolute Gasteiger partial charge is 0.465 e. The van der Waals surface area contributed by atoms with Gasteiger partial charge in [-0.25, -0.2) is 4.79 Å². The van der Waals surface area contributed by atoms with Gasteiger partial charge in [0, 0.05) is 5.92 Å². The van der Waals surface area contributed by atoms with E-state index in [2.05, 4.69) is 0 Å². The van der Waals surface area contributed by atoms with Crippen LogP contribution in [-0.4, -0.2) is 69.3 Å². The van der Waals surface area contributed by atoms with Gasteiger partial charge in [0.1, 0.15) is 11.9 Å². The van der Waals surface area contributed by atoms with Crippen molar-refractivity contribution in [2.75, 3.05) is 13.7 Å². The van der Waals surface area contributed by atoms with Crippen LogP contribution in [0.5, 0.6) is 5.75 Å². The minimum absolute atomic E-state index is 0.254. The van der Waals surface area contributed by atoms with Crippen molar-refractivity contribution in [2.24, 2.45) is 5.92 Å². The normalized spacial score (nSPS) is 27.1. The van der Waals surface area contributed by atoms with Crippen LogP contribution in [-0.2, 0) is 4.74 Å². The maximum Gasteiger partial charge on any atom is 0.337 e. The summed E-state index contributed by atoms with van der Waals surface area (Å²) in [4.78, 5) is 11.7. The molecule has 0 saturated heterocycles. The van der Waals surface area contributed by atoms with Gasteiger partial charge < -0.3 is 35.0 Å². The molecule has 2 aromatic carbocycles. The number of benzene rings is 2. The monoisotopic (exact) mass is 404 g/mol. The molecule has 1 fully saturated rings. The molecule has 0 spiro atoms. The summed E-state index contributed by atoms with van der Waals surface area (Å²) in [6, 6.07) is 12.0. The lowest BCUT2D eigenvalue weighted by Gasteiger charge is -2.53. The Morgan fingerprint density at radius 1 is 1.17 bits per heavy atom. The van der Waals surface area contributed by atoms with Crippen LogP contribution in [0.1, 0.15) is 15.9 Å². The van der Waals surface area contributed by atoms with Crippen molar-refractivity contribution < 1.29 is 39.8 Å². The van der Waals surface area contributed by atoms with E-state index in [1.165, 1.54) is 7.11 Å². The molecule has 29 heavy (non-hydrogen) atoms. The van der Waals surface area contributed by atoms with Gasteiger partial charge in [-0.3, -0.25) is 0 Å². The highest BCUT2D eigenvalue weighted by Crippen LogP contribution is 2.42. The minimum Gasteiger partial charge on any atom is -0.465 e. The number of esters is 1. The fourth-order valence-electron chi connectivity index (χ4n) is 3.57. The topological polar surface area (TPSA) is 137 Å². The lowest BCUT2D eigenvalue weighted by atomic mass is 9.64. The first-order chi connectivity index (χ1) is 13.7. The molecule has 0 aromatic heterocycles. The molecule has 1 saturated carbocycles. The molecule has 3 rings (SSSR count). The number of aryl methyl sites for hydroxylation is 1. The molecular weight excluding hydrogens is 380 g/mol. The van der Waals surface area contributed by atoms with Crippen LogP contribution in [0.15, 0.2) is 42.5 Å². The summed E-state index contributed by atoms with van der Waals surface area (Å²) in [7, 11) is 1.31. The number of rotatable bonds is 6. The maximum atomic E-state index is 11.7. The summed E-state index contributed by atoms with van der Waals surface area (Å²) in [5, 5.41) is 49.6. The summed E-state index contributed by atoms with van der Waals surface area (Å²) in [6.45, 7) is 1.11. The molecule has 8 nitrogen and oxygen atoms in total. The molecule has 5 atom stereocenters. The Bertz CT molecular complexity index is 898. The summed E-state index contributed by atoms with van der Waals surface area (Å²) >= 11 is 0. The third kappa shape index (κ3) is 3.61. The zero-order chi connectivity index (χ0) is 21.3. The molecule has 0 heterocycles. The fraction of sp³-hybridized carbons (Fsp3) is 0.381. The van der Waals surface area contributed by atoms with Gasteiger partial charge in [0.05, 0.1) is 25.4 Å². The Morgan fingerprint density at radius 3 is 2.48 bits per heavy atom. The smallest absolute Gasteiger partial charge is 0.337 e. The molecule has 8 heteroatoms. The van der Waals surface area contributed by atoms with Gasteiger partial charge in [-0.1, -0.05) is 18.2 Å². The standard InChI is InChI=1S/C21H24O8/c1-11-8-13(12-4-3-5-14(9-12)19(25)28-2)6-7-16(11)29-20(26)21(27)15(10-22)17(23)18(21)24/h3-9,15,17-18,20,22-24,26-27H,10H2,1-2H3. The van der Waals surface area contributed by atoms with E-state index in [4.69, 9.17) is 9.47 Å². The van der Waals surface area contributed by atoms with Gasteiger partial charge in [0.15, 0.2) is 5.60 Å². The zero-order valence-electron chi connectivity index (χ0n) is 16.0. The number of aliphatic hydroxyl groups excluding tert-OH is 4. The highest BCUT2D eigenvalue weighted by atomic mass is 16.6. The van der Waals surface area contributed by atoms with Crippen molar-refractivity contribution in [1.29, 1.82) is 0 Å². The van der Waals surface area contributed by atoms with Crippen molar-refractivity contribution in [1.82, 2.24) is 0 Å². The van der Waals surface area contributed by atoms with Crippen LogP contribution < -0.4 is 4.74 Å². The van der Waals surface area contributed by atoms with E-state index in [0.29, 0.717) is 11.1 Å². The molecule has 1 aliphatic carbocycles. The highest BCUT2D eigenvalue weighted by molar-refractivity contribution is 5.91. The van der Waals surface area contributed by atoms with E-state index in [-0.39, 0.29) is 5.75 Å². The van der Waals surface area contributed by atoms with Crippen LogP contribution >= 0.6 is 0 Å². The lowest BCUT2D eigenvalue weighted by Crippen LogP contribution is -2.76. The van der Waals surface area contributed by atoms with Crippen LogP contribution in [0.4, 0.5) is 0 Å². The molecule has 0 amide bonds. The van der Waals surface area contributed by atoms with Gasteiger partial charge >= 0.3 is 5.97 Å². The highest BCUT2D eigenvalue weighted by Gasteiger charge is 2.65. The van der Waals surface area contributed by atoms with Crippen molar-refractivity contribution in [2.45, 2.75) is 31.0 Å². The zero-order valence-corrected chi connectivity index (χ0v) is 16.0. The third-order valence-corrected chi connectivity index (χ3v) is 5.43. The number of carbonyl (C=O) groups excluding carboxylic acids is 1. The van der Waals surface area contributed by atoms with Gasteiger partial charge in [-0.2, -0.15) is 0 Å². The Kier molecular flexibility index (Phi) is 5.92. The summed E-state index contributed by atoms with van der Waals surface area (Å²) in [5.74, 6) is -1.32. The molecule has 5 unspecified atom stereocenters. The molecule has 1 aliphatic rings. The quantitative estimate of drug-likeness (QED) is 0.341. The predicted octanol–water partition coefficient (Wildman–Crippen LogP) is 0.221. The Hall–Kier alpha value is -2.49. The van der Waals surface area contributed by atoms with Crippen molar-refractivity contribution in [3.8, 4) is 16.9 Å². The summed E-state index contributed by atoms with van der Waals surface area (Å²) in [6.07, 6.45) is -4.85. The minimum atomic E-state index is -2.19. The Morgan fingerprint density at radius 2 is 1.86 bits per heavy atom. The second-order valence-electron chi connectivity index (χ2n) is 7.13. The molecule has 0 bridgehead atoms. The molecule has 0 aliphatic heterocycles. The van der Waals surface area contributed by atoms with E-state index in [1.54, 1.807) is 43.3 Å². The first kappa shape index (κ1) is 21.2. The van der Waals surface area contributed by atoms with E-state index < -0.39 is 42.6 Å². The molecule has 5 N–H and O–H groups in total. The second-order valence-corrected chi connectivity index (χ2v) is 7.13. The first-order valence-electron chi connectivity index (χ1n) is 9.07. The average Bonchev–Trinajstić information content (AvgIpc) is 2.74. The number of methoxy groups -OCH3 is 1. The van der Waals surface area contributed by atoms with Gasteiger partial charge in [-0.05, 0) is 47.9 Å². The van der Waals surface area contributed by atoms with Crippen LogP contribution in [0.3, 0.4) is 0 Å². The maximum absolute atomic E-state index is 11.7. The average molecular weight is 404 g/mol.